The monoisotopic (exact) mass is 393 g/mol. The Morgan fingerprint density at radius 2 is 1.86 bits per heavy atom. The van der Waals surface area contributed by atoms with E-state index in [0.717, 1.165) is 24.1 Å². The fourth-order valence-corrected chi connectivity index (χ4v) is 3.93. The molecule has 7 heteroatoms. The summed E-state index contributed by atoms with van der Waals surface area (Å²) in [6.07, 6.45) is 10.3. The predicted molar refractivity (Wildman–Crippen MR) is 112 cm³/mol. The lowest BCUT2D eigenvalue weighted by atomic mass is 10.1. The molecule has 0 spiro atoms. The second-order valence-electron chi connectivity index (χ2n) is 7.88. The zero-order valence-electron chi connectivity index (χ0n) is 16.8. The van der Waals surface area contributed by atoms with Gasteiger partial charge in [-0.15, -0.1) is 0 Å². The first-order chi connectivity index (χ1) is 14.1. The highest BCUT2D eigenvalue weighted by Crippen LogP contribution is 2.17. The summed E-state index contributed by atoms with van der Waals surface area (Å²) in [6, 6.07) is 8.17. The zero-order chi connectivity index (χ0) is 20.2. The van der Waals surface area contributed by atoms with Crippen LogP contribution in [0.4, 0.5) is 0 Å². The minimum atomic E-state index is -0.171. The lowest BCUT2D eigenvalue weighted by Crippen LogP contribution is -2.35. The summed E-state index contributed by atoms with van der Waals surface area (Å²) < 4.78 is 3.16. The van der Waals surface area contributed by atoms with Gasteiger partial charge in [-0.05, 0) is 31.9 Å². The molecule has 0 unspecified atom stereocenters. The summed E-state index contributed by atoms with van der Waals surface area (Å²) in [4.78, 5) is 29.6. The Morgan fingerprint density at radius 1 is 1.14 bits per heavy atom. The molecule has 0 saturated heterocycles. The maximum Gasteiger partial charge on any atom is 0.264 e. The number of hydrogen-bond donors (Lipinski definition) is 1. The Morgan fingerprint density at radius 3 is 2.59 bits per heavy atom. The van der Waals surface area contributed by atoms with Crippen LogP contribution in [0.25, 0.3) is 16.7 Å². The van der Waals surface area contributed by atoms with Gasteiger partial charge in [0.1, 0.15) is 5.39 Å². The number of nitrogens with zero attached hydrogens (tertiary/aromatic N) is 4. The van der Waals surface area contributed by atoms with E-state index >= 15 is 0 Å². The van der Waals surface area contributed by atoms with Gasteiger partial charge in [-0.2, -0.15) is 5.10 Å². The van der Waals surface area contributed by atoms with Crippen molar-refractivity contribution in [3.63, 3.8) is 0 Å². The standard InChI is InChI=1S/C22H27N5O2/c1-16-8-10-18(11-9-16)27-21-19(14-24-27)22(29)26(15-23-21)13-12-20(28)25-17-6-4-2-3-5-7-17/h8-11,14-15,17H,2-7,12-13H2,1H3,(H,25,28). The molecule has 29 heavy (non-hydrogen) atoms. The summed E-state index contributed by atoms with van der Waals surface area (Å²) in [5.74, 6) is -0.000697. The molecule has 152 valence electrons. The van der Waals surface area contributed by atoms with E-state index in [1.807, 2.05) is 31.2 Å². The average Bonchev–Trinajstić information content (AvgIpc) is 2.99. The van der Waals surface area contributed by atoms with E-state index in [2.05, 4.69) is 15.4 Å². The Kier molecular flexibility index (Phi) is 5.74. The molecule has 1 aliphatic rings. The summed E-state index contributed by atoms with van der Waals surface area (Å²) >= 11 is 0. The van der Waals surface area contributed by atoms with Crippen LogP contribution in [-0.4, -0.2) is 31.3 Å². The van der Waals surface area contributed by atoms with Crippen LogP contribution in [0.2, 0.25) is 0 Å². The first-order valence-corrected chi connectivity index (χ1v) is 10.4. The van der Waals surface area contributed by atoms with Crippen LogP contribution in [-0.2, 0) is 11.3 Å². The maximum atomic E-state index is 12.8. The Balaban J connectivity index is 1.46. The van der Waals surface area contributed by atoms with E-state index in [1.54, 1.807) is 10.9 Å². The normalized spacial score (nSPS) is 15.3. The number of hydrogen-bond acceptors (Lipinski definition) is 4. The van der Waals surface area contributed by atoms with Crippen LogP contribution in [0.1, 0.15) is 50.5 Å². The highest BCUT2D eigenvalue weighted by Gasteiger charge is 2.16. The summed E-state index contributed by atoms with van der Waals surface area (Å²) in [5, 5.41) is 7.92. The molecule has 1 aromatic carbocycles. The predicted octanol–water partition coefficient (Wildman–Crippen LogP) is 3.12. The van der Waals surface area contributed by atoms with Crippen molar-refractivity contribution < 1.29 is 4.79 Å². The van der Waals surface area contributed by atoms with Crippen molar-refractivity contribution in [2.24, 2.45) is 0 Å². The number of carbonyl (C=O) groups excluding carboxylic acids is 1. The van der Waals surface area contributed by atoms with E-state index < -0.39 is 0 Å². The van der Waals surface area contributed by atoms with Crippen molar-refractivity contribution in [2.75, 3.05) is 0 Å². The van der Waals surface area contributed by atoms with Gasteiger partial charge in [-0.1, -0.05) is 43.4 Å². The number of fused-ring (bicyclic) bond motifs is 1. The molecule has 0 bridgehead atoms. The van der Waals surface area contributed by atoms with Gasteiger partial charge in [0, 0.05) is 19.0 Å². The molecule has 1 aliphatic carbocycles. The number of nitrogens with one attached hydrogen (secondary N) is 1. The van der Waals surface area contributed by atoms with Gasteiger partial charge in [0.2, 0.25) is 5.91 Å². The van der Waals surface area contributed by atoms with Gasteiger partial charge in [0.25, 0.3) is 5.56 Å². The van der Waals surface area contributed by atoms with E-state index in [1.165, 1.54) is 36.6 Å². The largest absolute Gasteiger partial charge is 0.353 e. The van der Waals surface area contributed by atoms with Crippen LogP contribution in [0.5, 0.6) is 0 Å². The maximum absolute atomic E-state index is 12.8. The smallest absolute Gasteiger partial charge is 0.264 e. The quantitative estimate of drug-likeness (QED) is 0.675. The Bertz CT molecular complexity index is 1040. The minimum Gasteiger partial charge on any atom is -0.353 e. The lowest BCUT2D eigenvalue weighted by Gasteiger charge is -2.16. The third-order valence-electron chi connectivity index (χ3n) is 5.63. The van der Waals surface area contributed by atoms with E-state index in [0.29, 0.717) is 17.6 Å². The molecule has 1 amide bonds. The molecule has 0 aliphatic heterocycles. The van der Waals surface area contributed by atoms with Crippen molar-refractivity contribution in [3.05, 3.63) is 52.7 Å². The van der Waals surface area contributed by atoms with Crippen molar-refractivity contribution in [3.8, 4) is 5.69 Å². The lowest BCUT2D eigenvalue weighted by molar-refractivity contribution is -0.122. The van der Waals surface area contributed by atoms with Crippen LogP contribution in [0, 0.1) is 6.92 Å². The van der Waals surface area contributed by atoms with Crippen LogP contribution in [0.15, 0.2) is 41.6 Å². The second-order valence-corrected chi connectivity index (χ2v) is 7.88. The van der Waals surface area contributed by atoms with Crippen LogP contribution < -0.4 is 10.9 Å². The highest BCUT2D eigenvalue weighted by molar-refractivity contribution is 5.76. The number of amides is 1. The number of benzene rings is 1. The molecular formula is C22H27N5O2. The summed E-state index contributed by atoms with van der Waals surface area (Å²) in [6.45, 7) is 2.34. The van der Waals surface area contributed by atoms with Gasteiger partial charge >= 0.3 is 0 Å². The number of aryl methyl sites for hydroxylation is 2. The van der Waals surface area contributed by atoms with Gasteiger partial charge in [-0.25, -0.2) is 9.67 Å². The highest BCUT2D eigenvalue weighted by atomic mass is 16.2. The topological polar surface area (TPSA) is 81.8 Å². The average molecular weight is 393 g/mol. The number of carbonyl (C=O) groups is 1. The first-order valence-electron chi connectivity index (χ1n) is 10.4. The van der Waals surface area contributed by atoms with Gasteiger partial charge in [0.05, 0.1) is 18.2 Å². The second kappa shape index (κ2) is 8.59. The van der Waals surface area contributed by atoms with E-state index in [4.69, 9.17) is 0 Å². The molecule has 4 rings (SSSR count). The van der Waals surface area contributed by atoms with E-state index in [9.17, 15) is 9.59 Å². The molecule has 2 heterocycles. The molecule has 2 aromatic heterocycles. The summed E-state index contributed by atoms with van der Waals surface area (Å²) in [5.41, 5.74) is 2.37. The molecule has 1 N–H and O–H groups in total. The van der Waals surface area contributed by atoms with Crippen LogP contribution >= 0.6 is 0 Å². The van der Waals surface area contributed by atoms with E-state index in [-0.39, 0.29) is 23.9 Å². The molecule has 3 aromatic rings. The van der Waals surface area contributed by atoms with Gasteiger partial charge in [0.15, 0.2) is 5.65 Å². The number of rotatable bonds is 5. The van der Waals surface area contributed by atoms with Crippen molar-refractivity contribution in [1.29, 1.82) is 0 Å². The third kappa shape index (κ3) is 4.39. The Hall–Kier alpha value is -2.96. The molecular weight excluding hydrogens is 366 g/mol. The SMILES string of the molecule is Cc1ccc(-n2ncc3c(=O)n(CCC(=O)NC4CCCCCC4)cnc32)cc1. The Labute approximate surface area is 169 Å². The van der Waals surface area contributed by atoms with Crippen LogP contribution in [0.3, 0.4) is 0 Å². The minimum absolute atomic E-state index is 0.000697. The number of aromatic nitrogens is 4. The molecule has 0 radical (unpaired) electrons. The third-order valence-corrected chi connectivity index (χ3v) is 5.63. The fraction of sp³-hybridized carbons (Fsp3) is 0.455. The summed E-state index contributed by atoms with van der Waals surface area (Å²) in [7, 11) is 0. The molecule has 1 fully saturated rings. The molecule has 1 saturated carbocycles. The van der Waals surface area contributed by atoms with Gasteiger partial charge < -0.3 is 5.32 Å². The fourth-order valence-electron chi connectivity index (χ4n) is 3.93. The molecule has 7 nitrogen and oxygen atoms in total. The first kappa shape index (κ1) is 19.4. The van der Waals surface area contributed by atoms with Crippen molar-refractivity contribution >= 4 is 16.9 Å². The van der Waals surface area contributed by atoms with Crippen molar-refractivity contribution in [1.82, 2.24) is 24.6 Å². The van der Waals surface area contributed by atoms with Crippen molar-refractivity contribution in [2.45, 2.75) is 64.5 Å². The zero-order valence-corrected chi connectivity index (χ0v) is 16.8. The molecule has 0 atom stereocenters. The van der Waals surface area contributed by atoms with Gasteiger partial charge in [-0.3, -0.25) is 14.2 Å².